The third-order valence-corrected chi connectivity index (χ3v) is 4.17. The number of carbonyl (C=O) groups is 1. The van der Waals surface area contributed by atoms with Gasteiger partial charge in [0.25, 0.3) is 5.91 Å². The summed E-state index contributed by atoms with van der Waals surface area (Å²) in [6.45, 7) is 1.82. The number of aryl methyl sites for hydroxylation is 1. The summed E-state index contributed by atoms with van der Waals surface area (Å²) in [4.78, 5) is 13.8. The van der Waals surface area contributed by atoms with Crippen molar-refractivity contribution in [1.82, 2.24) is 9.80 Å². The van der Waals surface area contributed by atoms with E-state index >= 15 is 0 Å². The molecule has 1 fully saturated rings. The first-order valence-corrected chi connectivity index (χ1v) is 7.76. The van der Waals surface area contributed by atoms with E-state index < -0.39 is 23.9 Å². The number of rotatable bonds is 4. The highest BCUT2D eigenvalue weighted by Gasteiger charge is 2.76. The standard InChI is InChI=1S/C16H17F7N2O/c1-11-3-2-4-12(9-11)10-24-5-7-25(8-6-24)13(26)14(17,18)15(19,20)16(21,22)23/h2-4,9H,5-8,10H2,1H3. The number of alkyl halides is 7. The summed E-state index contributed by atoms with van der Waals surface area (Å²) in [5.41, 5.74) is 1.96. The number of amides is 1. The third-order valence-electron chi connectivity index (χ3n) is 4.17. The first kappa shape index (κ1) is 20.5. The zero-order chi connectivity index (χ0) is 19.8. The minimum Gasteiger partial charge on any atom is -0.335 e. The monoisotopic (exact) mass is 386 g/mol. The van der Waals surface area contributed by atoms with E-state index in [0.29, 0.717) is 11.4 Å². The van der Waals surface area contributed by atoms with Crippen LogP contribution in [-0.4, -0.2) is 59.9 Å². The van der Waals surface area contributed by atoms with E-state index in [-0.39, 0.29) is 26.2 Å². The molecular weight excluding hydrogens is 369 g/mol. The lowest BCUT2D eigenvalue weighted by molar-refractivity contribution is -0.346. The molecule has 3 nitrogen and oxygen atoms in total. The lowest BCUT2D eigenvalue weighted by Gasteiger charge is -2.37. The first-order valence-electron chi connectivity index (χ1n) is 7.76. The van der Waals surface area contributed by atoms with Crippen LogP contribution in [0.3, 0.4) is 0 Å². The Hall–Kier alpha value is -1.84. The number of carbonyl (C=O) groups excluding carboxylic acids is 1. The van der Waals surface area contributed by atoms with E-state index in [4.69, 9.17) is 0 Å². The molecule has 0 atom stereocenters. The number of hydrogen-bond acceptors (Lipinski definition) is 2. The Morgan fingerprint density at radius 2 is 1.58 bits per heavy atom. The van der Waals surface area contributed by atoms with Crippen molar-refractivity contribution in [2.75, 3.05) is 26.2 Å². The summed E-state index contributed by atoms with van der Waals surface area (Å²) in [7, 11) is 0. The van der Waals surface area contributed by atoms with Crippen LogP contribution < -0.4 is 0 Å². The van der Waals surface area contributed by atoms with Crippen LogP contribution in [0.1, 0.15) is 11.1 Å². The van der Waals surface area contributed by atoms with Crippen molar-refractivity contribution < 1.29 is 35.5 Å². The molecule has 26 heavy (non-hydrogen) atoms. The van der Waals surface area contributed by atoms with Crippen molar-refractivity contribution in [3.05, 3.63) is 35.4 Å². The van der Waals surface area contributed by atoms with Gasteiger partial charge < -0.3 is 4.90 Å². The van der Waals surface area contributed by atoms with Gasteiger partial charge in [0, 0.05) is 32.7 Å². The van der Waals surface area contributed by atoms with Crippen LogP contribution in [0.15, 0.2) is 24.3 Å². The van der Waals surface area contributed by atoms with Crippen molar-refractivity contribution >= 4 is 5.91 Å². The second kappa shape index (κ2) is 7.05. The van der Waals surface area contributed by atoms with Gasteiger partial charge in [0.05, 0.1) is 0 Å². The smallest absolute Gasteiger partial charge is 0.335 e. The highest BCUT2D eigenvalue weighted by molar-refractivity contribution is 5.85. The molecule has 0 spiro atoms. The Labute approximate surface area is 145 Å². The fraction of sp³-hybridized carbons (Fsp3) is 0.562. The summed E-state index contributed by atoms with van der Waals surface area (Å²) in [5.74, 6) is -14.8. The molecule has 0 aliphatic carbocycles. The van der Waals surface area contributed by atoms with E-state index in [9.17, 15) is 35.5 Å². The van der Waals surface area contributed by atoms with Gasteiger partial charge in [0.2, 0.25) is 0 Å². The highest BCUT2D eigenvalue weighted by Crippen LogP contribution is 2.47. The average Bonchev–Trinajstić information content (AvgIpc) is 2.53. The van der Waals surface area contributed by atoms with Gasteiger partial charge in [-0.25, -0.2) is 0 Å². The van der Waals surface area contributed by atoms with Crippen LogP contribution in [0.2, 0.25) is 0 Å². The number of hydrogen-bond donors (Lipinski definition) is 0. The normalized spacial score (nSPS) is 17.5. The molecule has 1 aliphatic heterocycles. The van der Waals surface area contributed by atoms with E-state index in [0.717, 1.165) is 11.1 Å². The van der Waals surface area contributed by atoms with Gasteiger partial charge in [-0.15, -0.1) is 0 Å². The highest BCUT2D eigenvalue weighted by atomic mass is 19.4. The Bertz CT molecular complexity index is 652. The lowest BCUT2D eigenvalue weighted by atomic mass is 10.1. The van der Waals surface area contributed by atoms with Gasteiger partial charge >= 0.3 is 18.0 Å². The Kier molecular flexibility index (Phi) is 5.55. The number of piperazine rings is 1. The molecule has 2 rings (SSSR count). The number of benzene rings is 1. The maximum absolute atomic E-state index is 13.5. The maximum atomic E-state index is 13.5. The van der Waals surface area contributed by atoms with Crippen LogP contribution in [-0.2, 0) is 11.3 Å². The zero-order valence-corrected chi connectivity index (χ0v) is 13.8. The Morgan fingerprint density at radius 1 is 1.00 bits per heavy atom. The second-order valence-corrected chi connectivity index (χ2v) is 6.20. The Balaban J connectivity index is 1.99. The zero-order valence-electron chi connectivity index (χ0n) is 13.8. The number of halogens is 7. The van der Waals surface area contributed by atoms with Gasteiger partial charge in [-0.05, 0) is 12.5 Å². The largest absolute Gasteiger partial charge is 0.460 e. The topological polar surface area (TPSA) is 23.6 Å². The molecule has 0 saturated carbocycles. The van der Waals surface area contributed by atoms with Crippen LogP contribution in [0.5, 0.6) is 0 Å². The number of nitrogens with zero attached hydrogens (tertiary/aromatic N) is 2. The van der Waals surface area contributed by atoms with Crippen LogP contribution in [0, 0.1) is 6.92 Å². The predicted octanol–water partition coefficient (Wildman–Crippen LogP) is 3.47. The predicted molar refractivity (Wildman–Crippen MR) is 79.0 cm³/mol. The van der Waals surface area contributed by atoms with E-state index in [1.807, 2.05) is 31.2 Å². The molecule has 1 amide bonds. The van der Waals surface area contributed by atoms with Gasteiger partial charge in [0.1, 0.15) is 0 Å². The van der Waals surface area contributed by atoms with Crippen molar-refractivity contribution in [2.45, 2.75) is 31.5 Å². The second-order valence-electron chi connectivity index (χ2n) is 6.20. The SMILES string of the molecule is Cc1cccc(CN2CCN(C(=O)C(F)(F)C(F)(F)C(F)(F)F)CC2)c1. The van der Waals surface area contributed by atoms with E-state index in [1.165, 1.54) is 0 Å². The molecule has 10 heteroatoms. The van der Waals surface area contributed by atoms with Gasteiger partial charge in [-0.1, -0.05) is 29.8 Å². The molecule has 1 heterocycles. The fourth-order valence-electron chi connectivity index (χ4n) is 2.69. The molecule has 0 unspecified atom stereocenters. The van der Waals surface area contributed by atoms with Gasteiger partial charge in [-0.3, -0.25) is 9.69 Å². The van der Waals surface area contributed by atoms with Crippen LogP contribution in [0.4, 0.5) is 30.7 Å². The molecule has 1 aromatic carbocycles. The Morgan fingerprint density at radius 3 is 2.08 bits per heavy atom. The van der Waals surface area contributed by atoms with Crippen LogP contribution >= 0.6 is 0 Å². The van der Waals surface area contributed by atoms with Gasteiger partial charge in [-0.2, -0.15) is 30.7 Å². The molecule has 0 N–H and O–H groups in total. The van der Waals surface area contributed by atoms with E-state index in [1.54, 1.807) is 4.90 Å². The third kappa shape index (κ3) is 3.94. The molecule has 1 aliphatic rings. The summed E-state index contributed by atoms with van der Waals surface area (Å²) in [6.07, 6.45) is -6.51. The minimum atomic E-state index is -6.51. The fourth-order valence-corrected chi connectivity index (χ4v) is 2.69. The molecule has 0 aromatic heterocycles. The van der Waals surface area contributed by atoms with Crippen molar-refractivity contribution in [3.8, 4) is 0 Å². The average molecular weight is 386 g/mol. The lowest BCUT2D eigenvalue weighted by Crippen LogP contribution is -2.62. The quantitative estimate of drug-likeness (QED) is 0.740. The molecule has 0 bridgehead atoms. The minimum absolute atomic E-state index is 0.0906. The van der Waals surface area contributed by atoms with E-state index in [2.05, 4.69) is 0 Å². The first-order chi connectivity index (χ1) is 11.9. The van der Waals surface area contributed by atoms with Crippen LogP contribution in [0.25, 0.3) is 0 Å². The molecule has 146 valence electrons. The van der Waals surface area contributed by atoms with Crippen molar-refractivity contribution in [2.24, 2.45) is 0 Å². The molecular formula is C16H17F7N2O. The molecule has 0 radical (unpaired) electrons. The van der Waals surface area contributed by atoms with Gasteiger partial charge in [0.15, 0.2) is 0 Å². The summed E-state index contributed by atoms with van der Waals surface area (Å²) < 4.78 is 89.5. The molecule has 1 aromatic rings. The molecule has 1 saturated heterocycles. The van der Waals surface area contributed by atoms with Crippen molar-refractivity contribution in [1.29, 1.82) is 0 Å². The van der Waals surface area contributed by atoms with Crippen molar-refractivity contribution in [3.63, 3.8) is 0 Å². The summed E-state index contributed by atoms with van der Waals surface area (Å²) in [6, 6.07) is 7.49. The summed E-state index contributed by atoms with van der Waals surface area (Å²) in [5, 5.41) is 0. The maximum Gasteiger partial charge on any atom is 0.460 e. The summed E-state index contributed by atoms with van der Waals surface area (Å²) >= 11 is 0.